The highest BCUT2D eigenvalue weighted by Gasteiger charge is 2.34. The molecule has 0 aliphatic carbocycles. The molecule has 0 radical (unpaired) electrons. The molecule has 1 fully saturated rings. The first kappa shape index (κ1) is 18.0. The number of carbonyl (C=O) groups excluding carboxylic acids is 2. The van der Waals surface area contributed by atoms with Gasteiger partial charge in [0.05, 0.1) is 24.2 Å². The number of piperidine rings is 1. The molecule has 1 aromatic heterocycles. The molecule has 0 saturated carbocycles. The van der Waals surface area contributed by atoms with Gasteiger partial charge in [-0.3, -0.25) is 14.6 Å². The third-order valence-corrected chi connectivity index (χ3v) is 4.78. The normalized spacial score (nSPS) is 19.8. The zero-order valence-corrected chi connectivity index (χ0v) is 14.7. The molecule has 3 rings (SSSR count). The molecule has 1 aliphatic rings. The van der Waals surface area contributed by atoms with E-state index in [9.17, 15) is 14.0 Å². The summed E-state index contributed by atoms with van der Waals surface area (Å²) in [5, 5.41) is 2.90. The molecule has 1 aromatic carbocycles. The van der Waals surface area contributed by atoms with Crippen molar-refractivity contribution in [3.63, 3.8) is 0 Å². The van der Waals surface area contributed by atoms with E-state index in [0.29, 0.717) is 25.9 Å². The Morgan fingerprint density at radius 2 is 1.96 bits per heavy atom. The minimum absolute atomic E-state index is 0.0699. The van der Waals surface area contributed by atoms with Crippen LogP contribution in [0.1, 0.15) is 37.1 Å². The van der Waals surface area contributed by atoms with Crippen molar-refractivity contribution in [2.45, 2.75) is 32.4 Å². The molecule has 2 atom stereocenters. The van der Waals surface area contributed by atoms with Gasteiger partial charge in [-0.05, 0) is 42.7 Å². The number of rotatable bonds is 4. The summed E-state index contributed by atoms with van der Waals surface area (Å²) in [4.78, 5) is 30.5. The third-order valence-electron chi connectivity index (χ3n) is 4.78. The first-order valence-corrected chi connectivity index (χ1v) is 8.75. The van der Waals surface area contributed by atoms with Crippen LogP contribution in [0, 0.1) is 11.7 Å². The highest BCUT2D eigenvalue weighted by molar-refractivity contribution is 5.80. The number of nitrogens with zero attached hydrogens (tertiary/aromatic N) is 2. The third kappa shape index (κ3) is 4.25. The maximum atomic E-state index is 13.2. The van der Waals surface area contributed by atoms with Gasteiger partial charge >= 0.3 is 0 Å². The van der Waals surface area contributed by atoms with E-state index in [0.717, 1.165) is 11.3 Å². The fraction of sp³-hybridized carbons (Fsp3) is 0.350. The van der Waals surface area contributed by atoms with Gasteiger partial charge in [0.15, 0.2) is 0 Å². The maximum absolute atomic E-state index is 13.2. The average Bonchev–Trinajstić information content (AvgIpc) is 2.67. The molecule has 1 aliphatic heterocycles. The maximum Gasteiger partial charge on any atom is 0.225 e. The van der Waals surface area contributed by atoms with Crippen LogP contribution >= 0.6 is 0 Å². The van der Waals surface area contributed by atoms with Gasteiger partial charge in [-0.1, -0.05) is 18.2 Å². The fourth-order valence-corrected chi connectivity index (χ4v) is 3.39. The van der Waals surface area contributed by atoms with Crippen molar-refractivity contribution in [1.82, 2.24) is 15.2 Å². The first-order chi connectivity index (χ1) is 12.5. The molecule has 6 heteroatoms. The molecule has 5 nitrogen and oxygen atoms in total. The zero-order valence-electron chi connectivity index (χ0n) is 14.7. The van der Waals surface area contributed by atoms with E-state index in [-0.39, 0.29) is 29.6 Å². The molecule has 1 saturated heterocycles. The zero-order chi connectivity index (χ0) is 18.5. The lowest BCUT2D eigenvalue weighted by Gasteiger charge is -2.39. The topological polar surface area (TPSA) is 62.3 Å². The molecule has 2 aromatic rings. The van der Waals surface area contributed by atoms with Crippen molar-refractivity contribution in [3.8, 4) is 0 Å². The van der Waals surface area contributed by atoms with Crippen molar-refractivity contribution >= 4 is 11.8 Å². The first-order valence-electron chi connectivity index (χ1n) is 8.75. The van der Waals surface area contributed by atoms with Crippen LogP contribution < -0.4 is 5.32 Å². The standard InChI is InChI=1S/C20H22FN3O2/c1-14(25)24-13-16(20(26)23-12-18-4-2-3-11-22-18)7-10-19(24)15-5-8-17(21)9-6-15/h2-6,8-9,11,16,19H,7,10,12-13H2,1H3,(H,23,26). The quantitative estimate of drug-likeness (QED) is 0.917. The van der Waals surface area contributed by atoms with Crippen LogP contribution in [0.3, 0.4) is 0 Å². The number of hydrogen-bond acceptors (Lipinski definition) is 3. The highest BCUT2D eigenvalue weighted by Crippen LogP contribution is 2.33. The Balaban J connectivity index is 1.64. The second-order valence-corrected chi connectivity index (χ2v) is 6.55. The van der Waals surface area contributed by atoms with Crippen molar-refractivity contribution in [2.24, 2.45) is 5.92 Å². The molecule has 136 valence electrons. The molecular weight excluding hydrogens is 333 g/mol. The molecule has 0 spiro atoms. The summed E-state index contributed by atoms with van der Waals surface area (Å²) in [6, 6.07) is 11.7. The van der Waals surface area contributed by atoms with E-state index >= 15 is 0 Å². The van der Waals surface area contributed by atoms with Gasteiger partial charge in [0.1, 0.15) is 5.82 Å². The van der Waals surface area contributed by atoms with Gasteiger partial charge < -0.3 is 10.2 Å². The fourth-order valence-electron chi connectivity index (χ4n) is 3.39. The van der Waals surface area contributed by atoms with Crippen molar-refractivity contribution in [2.75, 3.05) is 6.54 Å². The largest absolute Gasteiger partial charge is 0.350 e. The summed E-state index contributed by atoms with van der Waals surface area (Å²) >= 11 is 0. The van der Waals surface area contributed by atoms with Gasteiger partial charge in [0.25, 0.3) is 0 Å². The van der Waals surface area contributed by atoms with Crippen LogP contribution in [0.4, 0.5) is 4.39 Å². The second-order valence-electron chi connectivity index (χ2n) is 6.55. The van der Waals surface area contributed by atoms with E-state index in [1.165, 1.54) is 19.1 Å². The lowest BCUT2D eigenvalue weighted by Crippen LogP contribution is -2.46. The lowest BCUT2D eigenvalue weighted by atomic mass is 9.88. The number of benzene rings is 1. The Morgan fingerprint density at radius 1 is 1.19 bits per heavy atom. The van der Waals surface area contributed by atoms with E-state index < -0.39 is 0 Å². The van der Waals surface area contributed by atoms with Gasteiger partial charge in [0, 0.05) is 19.7 Å². The van der Waals surface area contributed by atoms with Gasteiger partial charge in [0.2, 0.25) is 11.8 Å². The van der Waals surface area contributed by atoms with Crippen LogP contribution in [0.25, 0.3) is 0 Å². The number of nitrogens with one attached hydrogen (secondary N) is 1. The van der Waals surface area contributed by atoms with Crippen LogP contribution in [0.15, 0.2) is 48.7 Å². The Hall–Kier alpha value is -2.76. The second kappa shape index (κ2) is 8.08. The summed E-state index contributed by atoms with van der Waals surface area (Å²) in [5.41, 5.74) is 1.69. The smallest absolute Gasteiger partial charge is 0.225 e. The number of hydrogen-bond donors (Lipinski definition) is 1. The number of amides is 2. The van der Waals surface area contributed by atoms with Crippen LogP contribution in [-0.4, -0.2) is 28.2 Å². The highest BCUT2D eigenvalue weighted by atomic mass is 19.1. The van der Waals surface area contributed by atoms with Crippen LogP contribution in [0.5, 0.6) is 0 Å². The lowest BCUT2D eigenvalue weighted by molar-refractivity contribution is -0.137. The summed E-state index contributed by atoms with van der Waals surface area (Å²) in [7, 11) is 0. The van der Waals surface area contributed by atoms with Gasteiger partial charge in [-0.25, -0.2) is 4.39 Å². The Bertz CT molecular complexity index is 764. The van der Waals surface area contributed by atoms with E-state index in [1.54, 1.807) is 23.2 Å². The Labute approximate surface area is 152 Å². The van der Waals surface area contributed by atoms with E-state index in [4.69, 9.17) is 0 Å². The van der Waals surface area contributed by atoms with E-state index in [1.807, 2.05) is 18.2 Å². The summed E-state index contributed by atoms with van der Waals surface area (Å²) in [5.74, 6) is -0.703. The Morgan fingerprint density at radius 3 is 2.62 bits per heavy atom. The molecule has 26 heavy (non-hydrogen) atoms. The number of aromatic nitrogens is 1. The summed E-state index contributed by atoms with van der Waals surface area (Å²) in [6.45, 7) is 2.24. The minimum atomic E-state index is -0.300. The molecule has 2 unspecified atom stereocenters. The summed E-state index contributed by atoms with van der Waals surface area (Å²) < 4.78 is 13.2. The van der Waals surface area contributed by atoms with Crippen molar-refractivity contribution in [3.05, 3.63) is 65.7 Å². The predicted octanol–water partition coefficient (Wildman–Crippen LogP) is 2.84. The Kier molecular flexibility index (Phi) is 5.61. The molecule has 1 N–H and O–H groups in total. The average molecular weight is 355 g/mol. The van der Waals surface area contributed by atoms with Crippen LogP contribution in [-0.2, 0) is 16.1 Å². The van der Waals surface area contributed by atoms with Crippen LogP contribution in [0.2, 0.25) is 0 Å². The predicted molar refractivity (Wildman–Crippen MR) is 95.3 cm³/mol. The molecular formula is C20H22FN3O2. The SMILES string of the molecule is CC(=O)N1CC(C(=O)NCc2ccccn2)CCC1c1ccc(F)cc1. The monoisotopic (exact) mass is 355 g/mol. The number of pyridine rings is 1. The van der Waals surface area contributed by atoms with Gasteiger partial charge in [-0.15, -0.1) is 0 Å². The molecule has 2 amide bonds. The van der Waals surface area contributed by atoms with Crippen molar-refractivity contribution < 1.29 is 14.0 Å². The molecule has 2 heterocycles. The number of carbonyl (C=O) groups is 2. The summed E-state index contributed by atoms with van der Waals surface area (Å²) in [6.07, 6.45) is 3.04. The number of likely N-dealkylation sites (tertiary alicyclic amines) is 1. The van der Waals surface area contributed by atoms with Gasteiger partial charge in [-0.2, -0.15) is 0 Å². The van der Waals surface area contributed by atoms with E-state index in [2.05, 4.69) is 10.3 Å². The van der Waals surface area contributed by atoms with Crippen molar-refractivity contribution in [1.29, 1.82) is 0 Å². The molecule has 0 bridgehead atoms. The minimum Gasteiger partial charge on any atom is -0.350 e. The number of halogens is 1.